The Hall–Kier alpha value is -1.82. The molecule has 1 aromatic rings. The third kappa shape index (κ3) is 2.16. The topological polar surface area (TPSA) is 0 Å². The summed E-state index contributed by atoms with van der Waals surface area (Å²) in [5.41, 5.74) is 4.41. The standard InChI is InChI=1S/C17H16/c1-2-6-14(7-3-1)10-11-16-13-12-15-8-4-5-9-17(15)16/h1-9,12-13,15H,10-11H2. The number of benzene rings is 1. The van der Waals surface area contributed by atoms with Gasteiger partial charge in [0.25, 0.3) is 0 Å². The summed E-state index contributed by atoms with van der Waals surface area (Å²) in [6.07, 6.45) is 15.7. The highest BCUT2D eigenvalue weighted by Gasteiger charge is 2.16. The fraction of sp³-hybridized carbons (Fsp3) is 0.176. The van der Waals surface area contributed by atoms with Crippen molar-refractivity contribution in [2.24, 2.45) is 5.92 Å². The molecule has 0 heteroatoms. The van der Waals surface area contributed by atoms with E-state index in [1.165, 1.54) is 16.7 Å². The van der Waals surface area contributed by atoms with E-state index in [-0.39, 0.29) is 0 Å². The predicted octanol–water partition coefficient (Wildman–Crippen LogP) is 4.23. The van der Waals surface area contributed by atoms with Gasteiger partial charge in [-0.3, -0.25) is 0 Å². The van der Waals surface area contributed by atoms with Gasteiger partial charge < -0.3 is 0 Å². The van der Waals surface area contributed by atoms with Gasteiger partial charge in [-0.2, -0.15) is 0 Å². The Morgan fingerprint density at radius 3 is 2.59 bits per heavy atom. The zero-order valence-electron chi connectivity index (χ0n) is 9.84. The van der Waals surface area contributed by atoms with Crippen LogP contribution in [0.1, 0.15) is 12.0 Å². The first kappa shape index (κ1) is 10.3. The second-order valence-corrected chi connectivity index (χ2v) is 4.60. The van der Waals surface area contributed by atoms with Gasteiger partial charge in [0, 0.05) is 5.92 Å². The van der Waals surface area contributed by atoms with Crippen LogP contribution in [0, 0.1) is 5.92 Å². The normalized spacial score (nSPS) is 21.1. The highest BCUT2D eigenvalue weighted by Crippen LogP contribution is 2.32. The van der Waals surface area contributed by atoms with Crippen LogP contribution in [0.15, 0.2) is 77.9 Å². The molecule has 0 aromatic heterocycles. The Labute approximate surface area is 103 Å². The van der Waals surface area contributed by atoms with Crippen LogP contribution in [0.5, 0.6) is 0 Å². The molecule has 3 rings (SSSR count). The van der Waals surface area contributed by atoms with Crippen LogP contribution in [0.25, 0.3) is 0 Å². The SMILES string of the molecule is C1=CC2=C(CCc3ccccc3)C=CC2C=C1. The van der Waals surface area contributed by atoms with Crippen LogP contribution in [0.4, 0.5) is 0 Å². The van der Waals surface area contributed by atoms with Gasteiger partial charge in [-0.25, -0.2) is 0 Å². The number of fused-ring (bicyclic) bond motifs is 1. The average molecular weight is 220 g/mol. The molecule has 1 atom stereocenters. The van der Waals surface area contributed by atoms with Crippen molar-refractivity contribution in [1.82, 2.24) is 0 Å². The molecular weight excluding hydrogens is 204 g/mol. The van der Waals surface area contributed by atoms with Gasteiger partial charge in [0.2, 0.25) is 0 Å². The Bertz CT molecular complexity index is 512. The molecule has 0 heterocycles. The smallest absolute Gasteiger partial charge is 0.0207 e. The van der Waals surface area contributed by atoms with Crippen LogP contribution >= 0.6 is 0 Å². The molecule has 2 aliphatic carbocycles. The van der Waals surface area contributed by atoms with Crippen molar-refractivity contribution in [1.29, 1.82) is 0 Å². The minimum absolute atomic E-state index is 0.533. The maximum atomic E-state index is 2.30. The summed E-state index contributed by atoms with van der Waals surface area (Å²) in [5.74, 6) is 0.533. The van der Waals surface area contributed by atoms with E-state index in [9.17, 15) is 0 Å². The van der Waals surface area contributed by atoms with Crippen LogP contribution < -0.4 is 0 Å². The first-order valence-electron chi connectivity index (χ1n) is 6.23. The molecule has 0 fully saturated rings. The maximum Gasteiger partial charge on any atom is 0.0207 e. The number of aryl methyl sites for hydroxylation is 1. The second-order valence-electron chi connectivity index (χ2n) is 4.60. The Morgan fingerprint density at radius 1 is 0.824 bits per heavy atom. The molecule has 0 N–H and O–H groups in total. The van der Waals surface area contributed by atoms with E-state index >= 15 is 0 Å². The van der Waals surface area contributed by atoms with Crippen molar-refractivity contribution < 1.29 is 0 Å². The molecule has 0 radical (unpaired) electrons. The molecular formula is C17H16. The molecule has 0 aliphatic heterocycles. The van der Waals surface area contributed by atoms with Crippen LogP contribution in [-0.2, 0) is 6.42 Å². The third-order valence-corrected chi connectivity index (χ3v) is 3.47. The first-order valence-corrected chi connectivity index (χ1v) is 6.23. The summed E-state index contributed by atoms with van der Waals surface area (Å²) in [6, 6.07) is 10.7. The second kappa shape index (κ2) is 4.58. The van der Waals surface area contributed by atoms with Gasteiger partial charge >= 0.3 is 0 Å². The lowest BCUT2D eigenvalue weighted by Crippen LogP contribution is -1.96. The van der Waals surface area contributed by atoms with Gasteiger partial charge in [-0.1, -0.05) is 66.8 Å². The summed E-state index contributed by atoms with van der Waals surface area (Å²) in [4.78, 5) is 0. The number of hydrogen-bond acceptors (Lipinski definition) is 0. The molecule has 0 spiro atoms. The molecule has 0 bridgehead atoms. The zero-order valence-corrected chi connectivity index (χ0v) is 9.84. The summed E-state index contributed by atoms with van der Waals surface area (Å²) in [7, 11) is 0. The van der Waals surface area contributed by atoms with E-state index in [2.05, 4.69) is 66.8 Å². The summed E-state index contributed by atoms with van der Waals surface area (Å²) in [6.45, 7) is 0. The van der Waals surface area contributed by atoms with Crippen molar-refractivity contribution in [3.63, 3.8) is 0 Å². The molecule has 1 aromatic carbocycles. The number of allylic oxidation sites excluding steroid dienone is 8. The lowest BCUT2D eigenvalue weighted by molar-refractivity contribution is 0.934. The van der Waals surface area contributed by atoms with E-state index in [0.29, 0.717) is 5.92 Å². The molecule has 0 amide bonds. The quantitative estimate of drug-likeness (QED) is 0.715. The largest absolute Gasteiger partial charge is 0.0732 e. The van der Waals surface area contributed by atoms with E-state index in [0.717, 1.165) is 12.8 Å². The minimum atomic E-state index is 0.533. The average Bonchev–Trinajstić information content (AvgIpc) is 2.81. The van der Waals surface area contributed by atoms with Crippen molar-refractivity contribution in [3.8, 4) is 0 Å². The lowest BCUT2D eigenvalue weighted by atomic mass is 9.94. The van der Waals surface area contributed by atoms with E-state index in [1.807, 2.05) is 0 Å². The fourth-order valence-corrected chi connectivity index (χ4v) is 2.51. The maximum absolute atomic E-state index is 2.30. The van der Waals surface area contributed by atoms with Crippen LogP contribution in [0.2, 0.25) is 0 Å². The fourth-order valence-electron chi connectivity index (χ4n) is 2.51. The van der Waals surface area contributed by atoms with E-state index in [1.54, 1.807) is 0 Å². The monoisotopic (exact) mass is 220 g/mol. The Morgan fingerprint density at radius 2 is 1.71 bits per heavy atom. The van der Waals surface area contributed by atoms with E-state index in [4.69, 9.17) is 0 Å². The van der Waals surface area contributed by atoms with Gasteiger partial charge in [-0.15, -0.1) is 0 Å². The minimum Gasteiger partial charge on any atom is -0.0732 e. The Balaban J connectivity index is 1.73. The molecule has 0 saturated carbocycles. The molecule has 84 valence electrons. The van der Waals surface area contributed by atoms with Gasteiger partial charge in [0.15, 0.2) is 0 Å². The van der Waals surface area contributed by atoms with Crippen molar-refractivity contribution in [3.05, 3.63) is 83.5 Å². The predicted molar refractivity (Wildman–Crippen MR) is 72.7 cm³/mol. The highest BCUT2D eigenvalue weighted by molar-refractivity contribution is 5.48. The zero-order chi connectivity index (χ0) is 11.5. The lowest BCUT2D eigenvalue weighted by Gasteiger charge is -2.11. The van der Waals surface area contributed by atoms with Crippen molar-refractivity contribution in [2.75, 3.05) is 0 Å². The molecule has 17 heavy (non-hydrogen) atoms. The molecule has 2 aliphatic rings. The Kier molecular flexibility index (Phi) is 2.79. The van der Waals surface area contributed by atoms with Crippen LogP contribution in [0.3, 0.4) is 0 Å². The molecule has 1 unspecified atom stereocenters. The van der Waals surface area contributed by atoms with Gasteiger partial charge in [0.05, 0.1) is 0 Å². The summed E-state index contributed by atoms with van der Waals surface area (Å²) in [5, 5.41) is 0. The first-order chi connectivity index (χ1) is 8.43. The third-order valence-electron chi connectivity index (χ3n) is 3.47. The molecule has 0 nitrogen and oxygen atoms in total. The number of rotatable bonds is 3. The van der Waals surface area contributed by atoms with Gasteiger partial charge in [-0.05, 0) is 29.6 Å². The van der Waals surface area contributed by atoms with Crippen LogP contribution in [-0.4, -0.2) is 0 Å². The number of hydrogen-bond donors (Lipinski definition) is 0. The highest BCUT2D eigenvalue weighted by atomic mass is 14.2. The van der Waals surface area contributed by atoms with Gasteiger partial charge in [0.1, 0.15) is 0 Å². The van der Waals surface area contributed by atoms with E-state index < -0.39 is 0 Å². The van der Waals surface area contributed by atoms with Crippen molar-refractivity contribution >= 4 is 0 Å². The molecule has 0 saturated heterocycles. The van der Waals surface area contributed by atoms with Crippen molar-refractivity contribution in [2.45, 2.75) is 12.8 Å². The summed E-state index contributed by atoms with van der Waals surface area (Å²) < 4.78 is 0. The summed E-state index contributed by atoms with van der Waals surface area (Å²) >= 11 is 0.